The summed E-state index contributed by atoms with van der Waals surface area (Å²) < 4.78 is 4.90. The number of rotatable bonds is 4. The average Bonchev–Trinajstić information content (AvgIpc) is 2.95. The normalized spacial score (nSPS) is 11.0. The number of nitrogens with two attached hydrogens (primary N) is 1. The van der Waals surface area contributed by atoms with E-state index in [1.807, 2.05) is 18.2 Å². The highest BCUT2D eigenvalue weighted by Gasteiger charge is 2.04. The minimum atomic E-state index is 0.578. The zero-order chi connectivity index (χ0) is 13.2. The van der Waals surface area contributed by atoms with E-state index in [-0.39, 0.29) is 0 Å². The molecule has 0 atom stereocenters. The number of aromatic nitrogens is 4. The fraction of sp³-hybridized carbons (Fsp3) is 0.250. The van der Waals surface area contributed by atoms with E-state index in [4.69, 9.17) is 10.3 Å². The van der Waals surface area contributed by atoms with Crippen molar-refractivity contribution in [2.75, 3.05) is 17.6 Å². The number of nitrogens with zero attached hydrogens (tertiary/aromatic N) is 3. The van der Waals surface area contributed by atoms with Crippen molar-refractivity contribution in [2.45, 2.75) is 13.3 Å². The summed E-state index contributed by atoms with van der Waals surface area (Å²) in [4.78, 5) is 11.7. The molecule has 2 heterocycles. The van der Waals surface area contributed by atoms with Crippen molar-refractivity contribution in [3.8, 4) is 0 Å². The van der Waals surface area contributed by atoms with E-state index in [9.17, 15) is 0 Å². The molecule has 1 aromatic carbocycles. The number of nitrogens with one attached hydrogen (secondary N) is 2. The van der Waals surface area contributed by atoms with Crippen molar-refractivity contribution < 1.29 is 4.52 Å². The van der Waals surface area contributed by atoms with Crippen LogP contribution in [-0.2, 0) is 6.42 Å². The summed E-state index contributed by atoms with van der Waals surface area (Å²) in [6.45, 7) is 2.45. The highest BCUT2D eigenvalue weighted by Crippen LogP contribution is 2.16. The number of H-pyrrole nitrogens is 1. The van der Waals surface area contributed by atoms with Crippen molar-refractivity contribution in [1.29, 1.82) is 0 Å². The van der Waals surface area contributed by atoms with E-state index < -0.39 is 0 Å². The third kappa shape index (κ3) is 2.49. The molecule has 0 saturated heterocycles. The number of imidazole rings is 1. The van der Waals surface area contributed by atoms with E-state index in [1.165, 1.54) is 0 Å². The molecular formula is C12H14N6O. The Morgan fingerprint density at radius 2 is 2.26 bits per heavy atom. The topological polar surface area (TPSA) is 106 Å². The van der Waals surface area contributed by atoms with Gasteiger partial charge in [-0.2, -0.15) is 4.98 Å². The quantitative estimate of drug-likeness (QED) is 0.612. The Hall–Kier alpha value is -2.57. The molecule has 0 aliphatic rings. The highest BCUT2D eigenvalue weighted by molar-refractivity contribution is 5.80. The predicted octanol–water partition coefficient (Wildman–Crippen LogP) is 1.49. The van der Waals surface area contributed by atoms with Crippen molar-refractivity contribution >= 4 is 22.7 Å². The van der Waals surface area contributed by atoms with Gasteiger partial charge in [-0.15, -0.1) is 0 Å². The Labute approximate surface area is 109 Å². The monoisotopic (exact) mass is 258 g/mol. The van der Waals surface area contributed by atoms with Gasteiger partial charge in [-0.1, -0.05) is 5.16 Å². The standard InChI is InChI=1S/C12H14N6O/c1-7-15-11(18-19-7)4-5-14-12-16-9-3-2-8(13)6-10(9)17-12/h2-3,6H,4-5,13H2,1H3,(H2,14,16,17). The van der Waals surface area contributed by atoms with Crippen LogP contribution in [0.3, 0.4) is 0 Å². The fourth-order valence-electron chi connectivity index (χ4n) is 1.85. The van der Waals surface area contributed by atoms with E-state index in [0.29, 0.717) is 36.3 Å². The minimum Gasteiger partial charge on any atom is -0.399 e. The number of anilines is 2. The van der Waals surface area contributed by atoms with Crippen LogP contribution >= 0.6 is 0 Å². The van der Waals surface area contributed by atoms with Crippen LogP contribution in [0.5, 0.6) is 0 Å². The minimum absolute atomic E-state index is 0.578. The Morgan fingerprint density at radius 3 is 3.05 bits per heavy atom. The number of aromatic amines is 1. The second kappa shape index (κ2) is 4.60. The second-order valence-corrected chi connectivity index (χ2v) is 4.27. The van der Waals surface area contributed by atoms with Gasteiger partial charge in [0.2, 0.25) is 11.8 Å². The molecule has 0 unspecified atom stereocenters. The third-order valence-corrected chi connectivity index (χ3v) is 2.72. The average molecular weight is 258 g/mol. The molecule has 2 aromatic heterocycles. The lowest BCUT2D eigenvalue weighted by molar-refractivity contribution is 0.387. The molecule has 0 bridgehead atoms. The highest BCUT2D eigenvalue weighted by atomic mass is 16.5. The van der Waals surface area contributed by atoms with Gasteiger partial charge in [0.1, 0.15) is 0 Å². The van der Waals surface area contributed by atoms with Crippen molar-refractivity contribution in [3.05, 3.63) is 29.9 Å². The number of fused-ring (bicyclic) bond motifs is 1. The van der Waals surface area contributed by atoms with Crippen molar-refractivity contribution in [2.24, 2.45) is 0 Å². The van der Waals surface area contributed by atoms with Crippen LogP contribution in [0.25, 0.3) is 11.0 Å². The summed E-state index contributed by atoms with van der Waals surface area (Å²) in [5, 5.41) is 7.01. The first-order valence-corrected chi connectivity index (χ1v) is 5.99. The zero-order valence-electron chi connectivity index (χ0n) is 10.5. The van der Waals surface area contributed by atoms with Crippen LogP contribution in [0.2, 0.25) is 0 Å². The summed E-state index contributed by atoms with van der Waals surface area (Å²) in [6, 6.07) is 5.57. The molecule has 0 aliphatic carbocycles. The van der Waals surface area contributed by atoms with Gasteiger partial charge in [0.05, 0.1) is 11.0 Å². The van der Waals surface area contributed by atoms with Crippen LogP contribution in [0.15, 0.2) is 22.7 Å². The van der Waals surface area contributed by atoms with Crippen molar-refractivity contribution in [1.82, 2.24) is 20.1 Å². The second-order valence-electron chi connectivity index (χ2n) is 4.27. The molecule has 0 saturated carbocycles. The maximum Gasteiger partial charge on any atom is 0.223 e. The van der Waals surface area contributed by atoms with Gasteiger partial charge in [0, 0.05) is 25.6 Å². The number of aryl methyl sites for hydroxylation is 1. The first-order valence-electron chi connectivity index (χ1n) is 5.99. The summed E-state index contributed by atoms with van der Waals surface area (Å²) in [5.74, 6) is 1.97. The number of hydrogen-bond acceptors (Lipinski definition) is 6. The van der Waals surface area contributed by atoms with Crippen LogP contribution in [0, 0.1) is 6.92 Å². The van der Waals surface area contributed by atoms with Gasteiger partial charge >= 0.3 is 0 Å². The summed E-state index contributed by atoms with van der Waals surface area (Å²) in [6.07, 6.45) is 0.677. The lowest BCUT2D eigenvalue weighted by Crippen LogP contribution is -2.07. The number of hydrogen-bond donors (Lipinski definition) is 3. The first kappa shape index (κ1) is 11.5. The van der Waals surface area contributed by atoms with Gasteiger partial charge in [0.25, 0.3) is 0 Å². The molecule has 3 aromatic rings. The molecule has 0 fully saturated rings. The molecular weight excluding hydrogens is 244 g/mol. The molecule has 0 aliphatic heterocycles. The zero-order valence-corrected chi connectivity index (χ0v) is 10.5. The lowest BCUT2D eigenvalue weighted by Gasteiger charge is -1.98. The van der Waals surface area contributed by atoms with Gasteiger partial charge < -0.3 is 20.6 Å². The Morgan fingerprint density at radius 1 is 1.37 bits per heavy atom. The molecule has 0 spiro atoms. The lowest BCUT2D eigenvalue weighted by atomic mass is 10.3. The van der Waals surface area contributed by atoms with Gasteiger partial charge in [-0.05, 0) is 18.2 Å². The van der Waals surface area contributed by atoms with Gasteiger partial charge in [-0.25, -0.2) is 4.98 Å². The third-order valence-electron chi connectivity index (χ3n) is 2.72. The van der Waals surface area contributed by atoms with Crippen LogP contribution < -0.4 is 11.1 Å². The predicted molar refractivity (Wildman–Crippen MR) is 71.7 cm³/mol. The van der Waals surface area contributed by atoms with Crippen LogP contribution in [-0.4, -0.2) is 26.7 Å². The summed E-state index contributed by atoms with van der Waals surface area (Å²) in [5.41, 5.74) is 8.23. The first-order chi connectivity index (χ1) is 9.20. The molecule has 19 heavy (non-hydrogen) atoms. The molecule has 0 radical (unpaired) electrons. The van der Waals surface area contributed by atoms with Crippen LogP contribution in [0.1, 0.15) is 11.7 Å². The van der Waals surface area contributed by atoms with Crippen molar-refractivity contribution in [3.63, 3.8) is 0 Å². The van der Waals surface area contributed by atoms with Gasteiger partial charge in [0.15, 0.2) is 5.82 Å². The Bertz CT molecular complexity index is 701. The van der Waals surface area contributed by atoms with E-state index in [1.54, 1.807) is 6.92 Å². The molecule has 7 nitrogen and oxygen atoms in total. The Balaban J connectivity index is 1.65. The molecule has 4 N–H and O–H groups in total. The van der Waals surface area contributed by atoms with E-state index in [2.05, 4.69) is 25.4 Å². The van der Waals surface area contributed by atoms with E-state index in [0.717, 1.165) is 11.0 Å². The molecule has 0 amide bonds. The molecule has 3 rings (SSSR count). The van der Waals surface area contributed by atoms with Crippen LogP contribution in [0.4, 0.5) is 11.6 Å². The smallest absolute Gasteiger partial charge is 0.223 e. The summed E-state index contributed by atoms with van der Waals surface area (Å²) >= 11 is 0. The molecule has 7 heteroatoms. The Kier molecular flexibility index (Phi) is 2.79. The number of nitrogen functional groups attached to an aromatic ring is 1. The fourth-order valence-corrected chi connectivity index (χ4v) is 1.85. The molecule has 98 valence electrons. The maximum absolute atomic E-state index is 5.72. The number of benzene rings is 1. The summed E-state index contributed by atoms with van der Waals surface area (Å²) in [7, 11) is 0. The van der Waals surface area contributed by atoms with E-state index >= 15 is 0 Å². The maximum atomic E-state index is 5.72. The van der Waals surface area contributed by atoms with Gasteiger partial charge in [-0.3, -0.25) is 0 Å². The largest absolute Gasteiger partial charge is 0.399 e. The SMILES string of the molecule is Cc1nc(CCNc2nc3ccc(N)cc3[nH]2)no1.